The Labute approximate surface area is 138 Å². The third-order valence-corrected chi connectivity index (χ3v) is 5.23. The van der Waals surface area contributed by atoms with Gasteiger partial charge in [-0.05, 0) is 56.1 Å². The summed E-state index contributed by atoms with van der Waals surface area (Å²) in [5.41, 5.74) is 1.16. The van der Waals surface area contributed by atoms with Crippen LogP contribution in [0.3, 0.4) is 0 Å². The zero-order valence-electron chi connectivity index (χ0n) is 8.64. The molecule has 0 spiro atoms. The molecule has 0 unspecified atom stereocenters. The Bertz CT molecular complexity index is 614. The summed E-state index contributed by atoms with van der Waals surface area (Å²) >= 11 is 17.5. The zero-order valence-corrected chi connectivity index (χ0v) is 15.0. The summed E-state index contributed by atoms with van der Waals surface area (Å²) in [4.78, 5) is 12.1. The number of rotatable bonds is 2. The molecule has 18 heavy (non-hydrogen) atoms. The molecule has 94 valence electrons. The summed E-state index contributed by atoms with van der Waals surface area (Å²) in [6.07, 6.45) is 0. The van der Waals surface area contributed by atoms with Gasteiger partial charge in [0.25, 0.3) is 5.91 Å². The molecule has 0 radical (unpaired) electrons. The van der Waals surface area contributed by atoms with Crippen molar-refractivity contribution in [2.75, 3.05) is 5.32 Å². The van der Waals surface area contributed by atoms with E-state index in [1.807, 2.05) is 6.07 Å². The summed E-state index contributed by atoms with van der Waals surface area (Å²) < 4.78 is 2.53. The molecule has 0 saturated carbocycles. The number of amides is 1. The van der Waals surface area contributed by atoms with Crippen molar-refractivity contribution in [1.29, 1.82) is 0 Å². The predicted octanol–water partition coefficient (Wildman–Crippen LogP) is 5.94. The van der Waals surface area contributed by atoms with Gasteiger partial charge in [-0.15, -0.1) is 11.3 Å². The fourth-order valence-electron chi connectivity index (χ4n) is 1.28. The van der Waals surface area contributed by atoms with Gasteiger partial charge in [-0.1, -0.05) is 27.5 Å². The fourth-order valence-corrected chi connectivity index (χ4v) is 4.79. The van der Waals surface area contributed by atoms with Gasteiger partial charge in [0.1, 0.15) is 0 Å². The van der Waals surface area contributed by atoms with E-state index in [2.05, 4.69) is 53.1 Å². The molecular formula is C11H5Br3ClNOS. The first-order valence-electron chi connectivity index (χ1n) is 4.68. The molecular weight excluding hydrogens is 469 g/mol. The van der Waals surface area contributed by atoms with Crippen LogP contribution >= 0.6 is 70.7 Å². The first-order valence-corrected chi connectivity index (χ1v) is 8.26. The molecule has 0 saturated heterocycles. The van der Waals surface area contributed by atoms with Crippen LogP contribution in [0, 0.1) is 0 Å². The summed E-state index contributed by atoms with van der Waals surface area (Å²) in [5, 5.41) is 3.26. The van der Waals surface area contributed by atoms with Gasteiger partial charge in [-0.25, -0.2) is 0 Å². The van der Waals surface area contributed by atoms with Gasteiger partial charge >= 0.3 is 0 Å². The number of anilines is 1. The molecule has 0 aliphatic heterocycles. The lowest BCUT2D eigenvalue weighted by atomic mass is 10.3. The number of hydrogen-bond acceptors (Lipinski definition) is 2. The highest BCUT2D eigenvalue weighted by Gasteiger charge is 2.14. The number of benzene rings is 1. The topological polar surface area (TPSA) is 29.1 Å². The first-order chi connectivity index (χ1) is 8.47. The van der Waals surface area contributed by atoms with Crippen LogP contribution in [0.25, 0.3) is 0 Å². The van der Waals surface area contributed by atoms with Crippen molar-refractivity contribution in [2.45, 2.75) is 0 Å². The molecule has 1 N–H and O–H groups in total. The van der Waals surface area contributed by atoms with Crippen molar-refractivity contribution in [3.63, 3.8) is 0 Å². The van der Waals surface area contributed by atoms with Gasteiger partial charge in [0.05, 0.1) is 23.8 Å². The van der Waals surface area contributed by atoms with Crippen molar-refractivity contribution < 1.29 is 4.79 Å². The summed E-state index contributed by atoms with van der Waals surface area (Å²) in [6, 6.07) is 7.06. The Morgan fingerprint density at radius 1 is 1.22 bits per heavy atom. The van der Waals surface area contributed by atoms with Gasteiger partial charge in [-0.2, -0.15) is 0 Å². The number of nitrogens with one attached hydrogen (secondary N) is 1. The minimum absolute atomic E-state index is 0.201. The highest BCUT2D eigenvalue weighted by atomic mass is 79.9. The molecule has 1 heterocycles. The maximum atomic E-state index is 12.1. The van der Waals surface area contributed by atoms with Crippen molar-refractivity contribution >= 4 is 82.3 Å². The van der Waals surface area contributed by atoms with Gasteiger partial charge in [0.15, 0.2) is 0 Å². The standard InChI is InChI=1S/C11H5Br3ClNOS/c12-5-1-2-8(7(15)3-5)16-11(17)6-4-9(13)18-10(6)14/h1-4H,(H,16,17). The van der Waals surface area contributed by atoms with Crippen LogP contribution in [0.4, 0.5) is 5.69 Å². The molecule has 1 aromatic heterocycles. The second-order valence-electron chi connectivity index (χ2n) is 3.32. The molecule has 0 atom stereocenters. The van der Waals surface area contributed by atoms with Crippen molar-refractivity contribution in [1.82, 2.24) is 0 Å². The zero-order chi connectivity index (χ0) is 13.3. The lowest BCUT2D eigenvalue weighted by Crippen LogP contribution is -2.11. The Hall–Kier alpha value is 0.120. The van der Waals surface area contributed by atoms with E-state index in [4.69, 9.17) is 11.6 Å². The van der Waals surface area contributed by atoms with E-state index in [9.17, 15) is 4.79 Å². The van der Waals surface area contributed by atoms with Crippen LogP contribution in [-0.2, 0) is 0 Å². The lowest BCUT2D eigenvalue weighted by Gasteiger charge is -2.06. The molecule has 0 aliphatic rings. The second kappa shape index (κ2) is 6.05. The van der Waals surface area contributed by atoms with Gasteiger partial charge < -0.3 is 5.32 Å². The van der Waals surface area contributed by atoms with E-state index in [-0.39, 0.29) is 5.91 Å². The molecule has 0 bridgehead atoms. The molecule has 0 aliphatic carbocycles. The van der Waals surface area contributed by atoms with Crippen LogP contribution < -0.4 is 5.32 Å². The Kier molecular flexibility index (Phi) is 4.88. The average molecular weight is 474 g/mol. The quantitative estimate of drug-likeness (QED) is 0.574. The normalized spacial score (nSPS) is 10.4. The number of thiophene rings is 1. The third-order valence-electron chi connectivity index (χ3n) is 2.08. The van der Waals surface area contributed by atoms with E-state index >= 15 is 0 Å². The maximum absolute atomic E-state index is 12.1. The van der Waals surface area contributed by atoms with Gasteiger partial charge in [0.2, 0.25) is 0 Å². The van der Waals surface area contributed by atoms with Crippen molar-refractivity contribution in [3.05, 3.63) is 46.9 Å². The van der Waals surface area contributed by atoms with Crippen LogP contribution in [-0.4, -0.2) is 5.91 Å². The van der Waals surface area contributed by atoms with E-state index in [0.29, 0.717) is 16.3 Å². The minimum Gasteiger partial charge on any atom is -0.321 e. The SMILES string of the molecule is O=C(Nc1ccc(Br)cc1Cl)c1cc(Br)sc1Br. The molecule has 7 heteroatoms. The minimum atomic E-state index is -0.201. The average Bonchev–Trinajstić information content (AvgIpc) is 2.62. The summed E-state index contributed by atoms with van der Waals surface area (Å²) in [7, 11) is 0. The first kappa shape index (κ1) is 14.5. The molecule has 1 aromatic carbocycles. The van der Waals surface area contributed by atoms with Crippen LogP contribution in [0.5, 0.6) is 0 Å². The monoisotopic (exact) mass is 471 g/mol. The van der Waals surface area contributed by atoms with E-state index in [0.717, 1.165) is 12.0 Å². The van der Waals surface area contributed by atoms with Crippen LogP contribution in [0.15, 0.2) is 36.3 Å². The maximum Gasteiger partial charge on any atom is 0.257 e. The Morgan fingerprint density at radius 2 is 1.94 bits per heavy atom. The largest absolute Gasteiger partial charge is 0.321 e. The van der Waals surface area contributed by atoms with Crippen LogP contribution in [0.2, 0.25) is 5.02 Å². The van der Waals surface area contributed by atoms with Crippen molar-refractivity contribution in [3.8, 4) is 0 Å². The Morgan fingerprint density at radius 3 is 2.50 bits per heavy atom. The van der Waals surface area contributed by atoms with E-state index in [1.54, 1.807) is 18.2 Å². The molecule has 2 nitrogen and oxygen atoms in total. The second-order valence-corrected chi connectivity index (χ2v) is 8.39. The number of carbonyl (C=O) groups excluding carboxylic acids is 1. The molecule has 0 fully saturated rings. The number of carbonyl (C=O) groups is 1. The highest BCUT2D eigenvalue weighted by molar-refractivity contribution is 9.12. The Balaban J connectivity index is 2.24. The smallest absolute Gasteiger partial charge is 0.257 e. The van der Waals surface area contributed by atoms with Crippen LogP contribution in [0.1, 0.15) is 10.4 Å². The van der Waals surface area contributed by atoms with Gasteiger partial charge in [-0.3, -0.25) is 4.79 Å². The van der Waals surface area contributed by atoms with E-state index in [1.165, 1.54) is 11.3 Å². The third kappa shape index (κ3) is 3.36. The molecule has 2 aromatic rings. The van der Waals surface area contributed by atoms with Gasteiger partial charge in [0, 0.05) is 4.47 Å². The fraction of sp³-hybridized carbons (Fsp3) is 0. The van der Waals surface area contributed by atoms with Crippen molar-refractivity contribution in [2.24, 2.45) is 0 Å². The highest BCUT2D eigenvalue weighted by Crippen LogP contribution is 2.33. The number of halogens is 4. The molecule has 2 rings (SSSR count). The predicted molar refractivity (Wildman–Crippen MR) is 86.8 cm³/mol. The lowest BCUT2D eigenvalue weighted by molar-refractivity contribution is 0.102. The van der Waals surface area contributed by atoms with E-state index < -0.39 is 0 Å². The summed E-state index contributed by atoms with van der Waals surface area (Å²) in [6.45, 7) is 0. The number of hydrogen-bond donors (Lipinski definition) is 1. The molecule has 1 amide bonds. The summed E-state index contributed by atoms with van der Waals surface area (Å²) in [5.74, 6) is -0.201.